The van der Waals surface area contributed by atoms with E-state index in [4.69, 9.17) is 11.6 Å². The van der Waals surface area contributed by atoms with Gasteiger partial charge in [0.05, 0.1) is 11.4 Å². The topological polar surface area (TPSA) is 73.0 Å². The maximum Gasteiger partial charge on any atom is 0.242 e. The Labute approximate surface area is 183 Å². The number of sulfonamides is 1. The number of hydrogen-bond donors (Lipinski definition) is 1. The summed E-state index contributed by atoms with van der Waals surface area (Å²) < 4.78 is 26.1. The number of hydrogen-bond acceptors (Lipinski definition) is 5. The highest BCUT2D eigenvalue weighted by Crippen LogP contribution is 2.23. The molecular weight excluding hydrogens is 424 g/mol. The van der Waals surface area contributed by atoms with Gasteiger partial charge in [-0.25, -0.2) is 12.7 Å². The molecule has 3 rings (SSSR count). The van der Waals surface area contributed by atoms with Crippen LogP contribution in [-0.2, 0) is 14.8 Å². The van der Waals surface area contributed by atoms with Crippen LogP contribution in [0.2, 0.25) is 5.02 Å². The number of aryl methyl sites for hydroxylation is 1. The van der Waals surface area contributed by atoms with Crippen LogP contribution in [0.3, 0.4) is 0 Å². The molecule has 0 atom stereocenters. The molecule has 1 N–H and O–H groups in total. The van der Waals surface area contributed by atoms with Gasteiger partial charge in [0, 0.05) is 56.7 Å². The van der Waals surface area contributed by atoms with Crippen LogP contribution in [0.1, 0.15) is 5.56 Å². The predicted molar refractivity (Wildman–Crippen MR) is 121 cm³/mol. The van der Waals surface area contributed by atoms with Crippen LogP contribution in [0.4, 0.5) is 11.4 Å². The molecule has 1 aliphatic heterocycles. The number of halogens is 1. The first-order chi connectivity index (χ1) is 14.2. The second kappa shape index (κ2) is 9.34. The van der Waals surface area contributed by atoms with Crippen molar-refractivity contribution in [2.75, 3.05) is 57.0 Å². The lowest BCUT2D eigenvalue weighted by molar-refractivity contribution is -0.117. The fourth-order valence-corrected chi connectivity index (χ4v) is 4.64. The maximum atomic E-state index is 12.5. The highest BCUT2D eigenvalue weighted by Gasteiger charge is 2.22. The molecule has 7 nitrogen and oxygen atoms in total. The molecule has 30 heavy (non-hydrogen) atoms. The van der Waals surface area contributed by atoms with E-state index in [1.807, 2.05) is 24.3 Å². The number of nitrogens with one attached hydrogen (secondary N) is 1. The zero-order valence-corrected chi connectivity index (χ0v) is 19.0. The van der Waals surface area contributed by atoms with Gasteiger partial charge in [-0.2, -0.15) is 0 Å². The van der Waals surface area contributed by atoms with E-state index in [2.05, 4.69) is 15.1 Å². The van der Waals surface area contributed by atoms with Crippen molar-refractivity contribution in [2.45, 2.75) is 11.8 Å². The lowest BCUT2D eigenvalue weighted by Crippen LogP contribution is -2.48. The minimum Gasteiger partial charge on any atom is -0.369 e. The Balaban J connectivity index is 1.57. The molecule has 1 amide bonds. The molecular formula is C21H27ClN4O3S. The molecule has 0 aromatic heterocycles. The van der Waals surface area contributed by atoms with Crippen LogP contribution < -0.4 is 10.2 Å². The Morgan fingerprint density at radius 2 is 1.70 bits per heavy atom. The lowest BCUT2D eigenvalue weighted by atomic mass is 10.2. The van der Waals surface area contributed by atoms with Gasteiger partial charge in [-0.15, -0.1) is 0 Å². The Kier molecular flexibility index (Phi) is 7.02. The molecule has 1 fully saturated rings. The Morgan fingerprint density at radius 3 is 2.30 bits per heavy atom. The Bertz CT molecular complexity index is 1000. The van der Waals surface area contributed by atoms with Crippen molar-refractivity contribution < 1.29 is 13.2 Å². The first kappa shape index (κ1) is 22.6. The van der Waals surface area contributed by atoms with E-state index in [0.29, 0.717) is 16.3 Å². The number of piperazine rings is 1. The smallest absolute Gasteiger partial charge is 0.242 e. The van der Waals surface area contributed by atoms with Crippen LogP contribution in [0.15, 0.2) is 47.4 Å². The van der Waals surface area contributed by atoms with Crippen LogP contribution in [0, 0.1) is 6.92 Å². The van der Waals surface area contributed by atoms with E-state index in [9.17, 15) is 13.2 Å². The van der Waals surface area contributed by atoms with Gasteiger partial charge in [0.15, 0.2) is 0 Å². The van der Waals surface area contributed by atoms with Gasteiger partial charge < -0.3 is 10.2 Å². The van der Waals surface area contributed by atoms with Crippen molar-refractivity contribution in [3.8, 4) is 0 Å². The van der Waals surface area contributed by atoms with Crippen LogP contribution in [0.25, 0.3) is 0 Å². The number of rotatable bonds is 6. The number of carbonyl (C=O) groups is 1. The van der Waals surface area contributed by atoms with Gasteiger partial charge in [0.1, 0.15) is 0 Å². The SMILES string of the molecule is Cc1ccc(NC(=O)CN2CCN(c3ccc(Cl)cc3)CC2)cc1S(=O)(=O)N(C)C. The standard InChI is InChI=1S/C21H27ClN4O3S/c1-16-4-7-18(14-20(16)30(28,29)24(2)3)23-21(27)15-25-10-12-26(13-11-25)19-8-5-17(22)6-9-19/h4-9,14H,10-13,15H2,1-3H3,(H,23,27). The molecule has 1 aliphatic rings. The summed E-state index contributed by atoms with van der Waals surface area (Å²) in [5.74, 6) is -0.160. The number of anilines is 2. The molecule has 0 aliphatic carbocycles. The average molecular weight is 451 g/mol. The summed E-state index contributed by atoms with van der Waals surface area (Å²) in [6, 6.07) is 12.7. The normalized spacial score (nSPS) is 15.4. The van der Waals surface area contributed by atoms with Gasteiger partial charge >= 0.3 is 0 Å². The summed E-state index contributed by atoms with van der Waals surface area (Å²) in [6.45, 7) is 5.18. The monoisotopic (exact) mass is 450 g/mol. The van der Waals surface area contributed by atoms with Crippen LogP contribution in [-0.4, -0.2) is 70.3 Å². The molecule has 0 spiro atoms. The summed E-state index contributed by atoms with van der Waals surface area (Å²) in [5.41, 5.74) is 2.24. The predicted octanol–water partition coefficient (Wildman–Crippen LogP) is 2.66. The van der Waals surface area contributed by atoms with Gasteiger partial charge in [-0.3, -0.25) is 9.69 Å². The van der Waals surface area contributed by atoms with Crippen molar-refractivity contribution >= 4 is 38.9 Å². The fraction of sp³-hybridized carbons (Fsp3) is 0.381. The molecule has 0 saturated carbocycles. The molecule has 1 heterocycles. The van der Waals surface area contributed by atoms with E-state index < -0.39 is 10.0 Å². The molecule has 1 saturated heterocycles. The minimum absolute atomic E-state index is 0.160. The summed E-state index contributed by atoms with van der Waals surface area (Å²) in [7, 11) is -0.591. The lowest BCUT2D eigenvalue weighted by Gasteiger charge is -2.35. The average Bonchev–Trinajstić information content (AvgIpc) is 2.70. The summed E-state index contributed by atoms with van der Waals surface area (Å²) in [6.07, 6.45) is 0. The second-order valence-corrected chi connectivity index (χ2v) is 10.1. The van der Waals surface area contributed by atoms with E-state index in [1.54, 1.807) is 19.1 Å². The molecule has 2 aromatic carbocycles. The summed E-state index contributed by atoms with van der Waals surface area (Å²) in [4.78, 5) is 17.1. The first-order valence-corrected chi connectivity index (χ1v) is 11.5. The van der Waals surface area contributed by atoms with E-state index in [0.717, 1.165) is 31.9 Å². The zero-order chi connectivity index (χ0) is 21.9. The van der Waals surface area contributed by atoms with Crippen molar-refractivity contribution in [3.63, 3.8) is 0 Å². The van der Waals surface area contributed by atoms with E-state index >= 15 is 0 Å². The zero-order valence-electron chi connectivity index (χ0n) is 17.4. The van der Waals surface area contributed by atoms with Crippen LogP contribution >= 0.6 is 11.6 Å². The highest BCUT2D eigenvalue weighted by atomic mass is 35.5. The fourth-order valence-electron chi connectivity index (χ4n) is 3.37. The van der Waals surface area contributed by atoms with Crippen molar-refractivity contribution in [3.05, 3.63) is 53.1 Å². The maximum absolute atomic E-state index is 12.5. The third-order valence-electron chi connectivity index (χ3n) is 5.16. The summed E-state index contributed by atoms with van der Waals surface area (Å²) >= 11 is 5.95. The number of amides is 1. The number of nitrogens with zero attached hydrogens (tertiary/aromatic N) is 3. The highest BCUT2D eigenvalue weighted by molar-refractivity contribution is 7.89. The largest absolute Gasteiger partial charge is 0.369 e. The quantitative estimate of drug-likeness (QED) is 0.732. The second-order valence-electron chi connectivity index (χ2n) is 7.56. The Hall–Kier alpha value is -2.13. The van der Waals surface area contributed by atoms with Gasteiger partial charge in [0.25, 0.3) is 0 Å². The molecule has 0 bridgehead atoms. The minimum atomic E-state index is -3.57. The van der Waals surface area contributed by atoms with Crippen LogP contribution in [0.5, 0.6) is 0 Å². The first-order valence-electron chi connectivity index (χ1n) is 9.73. The van der Waals surface area contributed by atoms with Gasteiger partial charge in [-0.05, 0) is 48.9 Å². The van der Waals surface area contributed by atoms with E-state index in [-0.39, 0.29) is 17.3 Å². The van der Waals surface area contributed by atoms with Crippen molar-refractivity contribution in [1.29, 1.82) is 0 Å². The molecule has 9 heteroatoms. The van der Waals surface area contributed by atoms with E-state index in [1.165, 1.54) is 24.5 Å². The van der Waals surface area contributed by atoms with Crippen molar-refractivity contribution in [1.82, 2.24) is 9.21 Å². The van der Waals surface area contributed by atoms with Gasteiger partial charge in [0.2, 0.25) is 15.9 Å². The van der Waals surface area contributed by atoms with Gasteiger partial charge in [-0.1, -0.05) is 17.7 Å². The number of benzene rings is 2. The van der Waals surface area contributed by atoms with Crippen molar-refractivity contribution in [2.24, 2.45) is 0 Å². The third-order valence-corrected chi connectivity index (χ3v) is 7.37. The summed E-state index contributed by atoms with van der Waals surface area (Å²) in [5, 5.41) is 3.54. The molecule has 0 radical (unpaired) electrons. The molecule has 162 valence electrons. The third kappa shape index (κ3) is 5.31. The number of carbonyl (C=O) groups excluding carboxylic acids is 1. The Morgan fingerprint density at radius 1 is 1.07 bits per heavy atom. The molecule has 0 unspecified atom stereocenters. The molecule has 2 aromatic rings.